The molecule has 0 bridgehead atoms. The molecule has 1 heterocycles. The second kappa shape index (κ2) is 8.41. The van der Waals surface area contributed by atoms with Gasteiger partial charge < -0.3 is 14.8 Å². The van der Waals surface area contributed by atoms with Gasteiger partial charge in [0.1, 0.15) is 11.3 Å². The lowest BCUT2D eigenvalue weighted by molar-refractivity contribution is -0.150. The van der Waals surface area contributed by atoms with Crippen LogP contribution in [-0.2, 0) is 24.5 Å². The van der Waals surface area contributed by atoms with E-state index in [1.165, 1.54) is 4.90 Å². The van der Waals surface area contributed by atoms with Crippen LogP contribution in [-0.4, -0.2) is 36.5 Å². The van der Waals surface area contributed by atoms with Gasteiger partial charge in [-0.3, -0.25) is 14.5 Å². The van der Waals surface area contributed by atoms with Crippen molar-refractivity contribution in [3.05, 3.63) is 54.1 Å². The normalized spacial score (nSPS) is 15.0. The Labute approximate surface area is 182 Å². The zero-order valence-corrected chi connectivity index (χ0v) is 18.5. The van der Waals surface area contributed by atoms with Crippen LogP contribution in [0.4, 0.5) is 11.4 Å². The topological polar surface area (TPSA) is 84.9 Å². The molecule has 0 atom stereocenters. The molecule has 0 radical (unpaired) electrons. The molecule has 3 rings (SSSR count). The number of amides is 2. The number of nitrogens with zero attached hydrogens (tertiary/aromatic N) is 1. The van der Waals surface area contributed by atoms with Crippen molar-refractivity contribution in [3.63, 3.8) is 0 Å². The number of rotatable bonds is 5. The first-order chi connectivity index (χ1) is 14.5. The van der Waals surface area contributed by atoms with E-state index in [2.05, 4.69) is 26.1 Å². The van der Waals surface area contributed by atoms with Crippen molar-refractivity contribution in [2.45, 2.75) is 45.6 Å². The Morgan fingerprint density at radius 2 is 1.65 bits per heavy atom. The van der Waals surface area contributed by atoms with Gasteiger partial charge in [0.2, 0.25) is 5.91 Å². The van der Waals surface area contributed by atoms with Gasteiger partial charge in [0.15, 0.2) is 13.2 Å². The van der Waals surface area contributed by atoms with E-state index in [9.17, 15) is 14.4 Å². The van der Waals surface area contributed by atoms with Crippen LogP contribution in [0, 0.1) is 0 Å². The van der Waals surface area contributed by atoms with Gasteiger partial charge in [0, 0.05) is 0 Å². The highest BCUT2D eigenvalue weighted by Crippen LogP contribution is 2.36. The Kier molecular flexibility index (Phi) is 6.06. The number of hydrogen-bond acceptors (Lipinski definition) is 5. The molecule has 31 heavy (non-hydrogen) atoms. The molecule has 2 aromatic carbocycles. The van der Waals surface area contributed by atoms with Crippen LogP contribution >= 0.6 is 0 Å². The van der Waals surface area contributed by atoms with Gasteiger partial charge in [-0.15, -0.1) is 0 Å². The van der Waals surface area contributed by atoms with Crippen LogP contribution in [0.15, 0.2) is 48.5 Å². The highest BCUT2D eigenvalue weighted by Gasteiger charge is 2.43. The van der Waals surface area contributed by atoms with Crippen molar-refractivity contribution in [2.75, 3.05) is 23.4 Å². The van der Waals surface area contributed by atoms with Crippen LogP contribution in [0.1, 0.15) is 40.2 Å². The second-order valence-corrected chi connectivity index (χ2v) is 8.98. The average Bonchev–Trinajstić information content (AvgIpc) is 2.71. The number of nitrogens with one attached hydrogen (secondary N) is 1. The Bertz CT molecular complexity index is 990. The number of carbonyl (C=O) groups excluding carboxylic acids is 3. The van der Waals surface area contributed by atoms with Crippen molar-refractivity contribution in [1.29, 1.82) is 0 Å². The molecule has 0 saturated heterocycles. The van der Waals surface area contributed by atoms with E-state index < -0.39 is 24.0 Å². The van der Waals surface area contributed by atoms with Crippen molar-refractivity contribution in [2.24, 2.45) is 0 Å². The molecule has 164 valence electrons. The number of benzene rings is 2. The number of carbonyl (C=O) groups is 3. The van der Waals surface area contributed by atoms with Crippen LogP contribution in [0.2, 0.25) is 0 Å². The number of hydrogen-bond donors (Lipinski definition) is 1. The van der Waals surface area contributed by atoms with Crippen LogP contribution in [0.3, 0.4) is 0 Å². The molecule has 0 aromatic heterocycles. The molecule has 0 fully saturated rings. The highest BCUT2D eigenvalue weighted by molar-refractivity contribution is 6.14. The summed E-state index contributed by atoms with van der Waals surface area (Å²) in [5.41, 5.74) is 1.15. The summed E-state index contributed by atoms with van der Waals surface area (Å²) >= 11 is 0. The zero-order chi connectivity index (χ0) is 22.8. The van der Waals surface area contributed by atoms with Gasteiger partial charge in [-0.1, -0.05) is 45.0 Å². The highest BCUT2D eigenvalue weighted by atomic mass is 16.6. The molecule has 7 nitrogen and oxygen atoms in total. The first-order valence-corrected chi connectivity index (χ1v) is 10.1. The van der Waals surface area contributed by atoms with Gasteiger partial charge in [0.05, 0.1) is 11.4 Å². The maximum Gasteiger partial charge on any atom is 0.344 e. The summed E-state index contributed by atoms with van der Waals surface area (Å²) in [7, 11) is 0. The number of esters is 1. The minimum Gasteiger partial charge on any atom is -0.482 e. The van der Waals surface area contributed by atoms with Gasteiger partial charge >= 0.3 is 5.97 Å². The first kappa shape index (κ1) is 22.3. The Balaban J connectivity index is 1.59. The maximum atomic E-state index is 12.9. The van der Waals surface area contributed by atoms with Gasteiger partial charge in [-0.25, -0.2) is 4.79 Å². The summed E-state index contributed by atoms with van der Waals surface area (Å²) in [5.74, 6) is -0.928. The summed E-state index contributed by atoms with van der Waals surface area (Å²) in [4.78, 5) is 38.8. The molecule has 0 spiro atoms. The lowest BCUT2D eigenvalue weighted by Gasteiger charge is -2.41. The van der Waals surface area contributed by atoms with Crippen LogP contribution in [0.5, 0.6) is 5.75 Å². The van der Waals surface area contributed by atoms with E-state index in [1.54, 1.807) is 50.2 Å². The van der Waals surface area contributed by atoms with Crippen molar-refractivity contribution in [3.8, 4) is 5.75 Å². The van der Waals surface area contributed by atoms with E-state index in [-0.39, 0.29) is 17.9 Å². The number of fused-ring (bicyclic) bond motifs is 1. The summed E-state index contributed by atoms with van der Waals surface area (Å²) in [6.45, 7) is 8.82. The summed E-state index contributed by atoms with van der Waals surface area (Å²) < 4.78 is 10.6. The van der Waals surface area contributed by atoms with Crippen molar-refractivity contribution < 1.29 is 23.9 Å². The second-order valence-electron chi connectivity index (χ2n) is 8.98. The zero-order valence-electron chi connectivity index (χ0n) is 18.5. The number of ether oxygens (including phenoxy) is 2. The minimum atomic E-state index is -1.12. The average molecular weight is 424 g/mol. The van der Waals surface area contributed by atoms with Gasteiger partial charge in [-0.05, 0) is 49.1 Å². The Morgan fingerprint density at radius 3 is 2.29 bits per heavy atom. The van der Waals surface area contributed by atoms with E-state index in [0.717, 1.165) is 5.56 Å². The molecule has 2 amide bonds. The molecule has 0 aliphatic carbocycles. The number of anilines is 2. The maximum absolute atomic E-state index is 12.9. The molecular formula is C24H28N2O5. The van der Waals surface area contributed by atoms with Crippen LogP contribution < -0.4 is 15.0 Å². The van der Waals surface area contributed by atoms with Gasteiger partial charge in [0.25, 0.3) is 5.91 Å². The predicted octanol–water partition coefficient (Wildman–Crippen LogP) is 3.67. The Morgan fingerprint density at radius 1 is 1.00 bits per heavy atom. The van der Waals surface area contributed by atoms with Crippen LogP contribution in [0.25, 0.3) is 0 Å². The van der Waals surface area contributed by atoms with Gasteiger partial charge in [-0.2, -0.15) is 0 Å². The molecule has 2 aromatic rings. The predicted molar refractivity (Wildman–Crippen MR) is 118 cm³/mol. The molecule has 0 unspecified atom stereocenters. The largest absolute Gasteiger partial charge is 0.482 e. The lowest BCUT2D eigenvalue weighted by Crippen LogP contribution is -2.59. The summed E-state index contributed by atoms with van der Waals surface area (Å²) in [5, 5.41) is 2.79. The fourth-order valence-corrected chi connectivity index (χ4v) is 3.34. The quantitative estimate of drug-likeness (QED) is 0.741. The van der Waals surface area contributed by atoms with Crippen molar-refractivity contribution in [1.82, 2.24) is 0 Å². The van der Waals surface area contributed by atoms with E-state index in [0.29, 0.717) is 17.1 Å². The molecular weight excluding hydrogens is 396 g/mol. The fourth-order valence-electron chi connectivity index (χ4n) is 3.34. The molecule has 1 N–H and O–H groups in total. The standard InChI is InChI=1S/C24H28N2O5/c1-23(2,3)16-10-12-17(13-11-16)30-15-21(28)31-14-20(27)26-19-9-7-6-8-18(19)25-22(29)24(26,4)5/h6-13H,14-15H2,1-5H3,(H,25,29). The third kappa shape index (κ3) is 4.87. The molecule has 1 aliphatic heterocycles. The summed E-state index contributed by atoms with van der Waals surface area (Å²) in [6.07, 6.45) is 0. The van der Waals surface area contributed by atoms with E-state index in [4.69, 9.17) is 9.47 Å². The monoisotopic (exact) mass is 424 g/mol. The molecule has 7 heteroatoms. The molecule has 1 aliphatic rings. The lowest BCUT2D eigenvalue weighted by atomic mass is 9.87. The Hall–Kier alpha value is -3.35. The first-order valence-electron chi connectivity index (χ1n) is 10.1. The van der Waals surface area contributed by atoms with E-state index >= 15 is 0 Å². The SMILES string of the molecule is CC(C)(C)c1ccc(OCC(=O)OCC(=O)N2c3ccccc3NC(=O)C2(C)C)cc1. The van der Waals surface area contributed by atoms with Crippen molar-refractivity contribution >= 4 is 29.2 Å². The minimum absolute atomic E-state index is 0.0234. The fraction of sp³-hybridized carbons (Fsp3) is 0.375. The third-order valence-electron chi connectivity index (χ3n) is 5.19. The number of para-hydroxylation sites is 2. The third-order valence-corrected chi connectivity index (χ3v) is 5.19. The smallest absolute Gasteiger partial charge is 0.344 e. The molecule has 0 saturated carbocycles. The summed E-state index contributed by atoms with van der Waals surface area (Å²) in [6, 6.07) is 14.5. The van der Waals surface area contributed by atoms with E-state index in [1.807, 2.05) is 12.1 Å².